The highest BCUT2D eigenvalue weighted by molar-refractivity contribution is 5.72. The van der Waals surface area contributed by atoms with Crippen molar-refractivity contribution in [2.45, 2.75) is 31.7 Å². The fraction of sp³-hybridized carbons (Fsp3) is 0.500. The lowest BCUT2D eigenvalue weighted by Crippen LogP contribution is -2.31. The molecule has 2 unspecified atom stereocenters. The number of carbonyl (C=O) groups excluding carboxylic acids is 1. The van der Waals surface area contributed by atoms with Crippen molar-refractivity contribution in [3.63, 3.8) is 0 Å². The third-order valence-corrected chi connectivity index (χ3v) is 3.42. The van der Waals surface area contributed by atoms with Gasteiger partial charge in [-0.25, -0.2) is 4.39 Å². The average Bonchev–Trinajstić information content (AvgIpc) is 2.41. The van der Waals surface area contributed by atoms with Crippen LogP contribution in [0.2, 0.25) is 0 Å². The summed E-state index contributed by atoms with van der Waals surface area (Å²) < 4.78 is 17.6. The Morgan fingerprint density at radius 3 is 2.72 bits per heavy atom. The van der Waals surface area contributed by atoms with Gasteiger partial charge in [-0.05, 0) is 43.5 Å². The molecule has 98 valence electrons. The molecule has 0 radical (unpaired) electrons. The number of benzene rings is 1. The molecular formula is C14H18FNO2. The van der Waals surface area contributed by atoms with Crippen LogP contribution in [0.5, 0.6) is 0 Å². The van der Waals surface area contributed by atoms with Gasteiger partial charge in [-0.15, -0.1) is 0 Å². The molecule has 1 fully saturated rings. The number of hydrogen-bond acceptors (Lipinski definition) is 3. The lowest BCUT2D eigenvalue weighted by molar-refractivity contribution is -0.146. The maximum absolute atomic E-state index is 12.8. The number of methoxy groups -OCH3 is 1. The molecule has 1 N–H and O–H groups in total. The number of nitrogens with one attached hydrogen (secondary N) is 1. The van der Waals surface area contributed by atoms with Gasteiger partial charge in [-0.1, -0.05) is 6.42 Å². The van der Waals surface area contributed by atoms with Crippen LogP contribution < -0.4 is 5.32 Å². The molecule has 0 spiro atoms. The van der Waals surface area contributed by atoms with E-state index >= 15 is 0 Å². The monoisotopic (exact) mass is 251 g/mol. The topological polar surface area (TPSA) is 38.3 Å². The highest BCUT2D eigenvalue weighted by atomic mass is 19.1. The first-order valence-electron chi connectivity index (χ1n) is 6.29. The van der Waals surface area contributed by atoms with Crippen LogP contribution in [0.3, 0.4) is 0 Å². The second-order valence-corrected chi connectivity index (χ2v) is 4.73. The number of esters is 1. The first kappa shape index (κ1) is 12.9. The van der Waals surface area contributed by atoms with Crippen molar-refractivity contribution in [2.75, 3.05) is 12.4 Å². The molecule has 2 atom stereocenters. The van der Waals surface area contributed by atoms with E-state index in [1.165, 1.54) is 19.2 Å². The summed E-state index contributed by atoms with van der Waals surface area (Å²) in [6, 6.07) is 6.56. The summed E-state index contributed by atoms with van der Waals surface area (Å²) in [4.78, 5) is 11.5. The molecule has 4 heteroatoms. The summed E-state index contributed by atoms with van der Waals surface area (Å²) in [6.45, 7) is 0. The standard InChI is InChI=1S/C14H18FNO2/c1-18-14(17)10-3-2-4-13(9-10)16-12-7-5-11(15)6-8-12/h5-8,10,13,16H,2-4,9H2,1H3. The Bertz CT molecular complexity index is 405. The highest BCUT2D eigenvalue weighted by Crippen LogP contribution is 2.27. The van der Waals surface area contributed by atoms with E-state index < -0.39 is 0 Å². The smallest absolute Gasteiger partial charge is 0.308 e. The van der Waals surface area contributed by atoms with Crippen molar-refractivity contribution in [1.29, 1.82) is 0 Å². The Labute approximate surface area is 106 Å². The molecule has 0 aromatic heterocycles. The molecule has 18 heavy (non-hydrogen) atoms. The first-order valence-corrected chi connectivity index (χ1v) is 6.29. The number of hydrogen-bond donors (Lipinski definition) is 1. The zero-order valence-corrected chi connectivity index (χ0v) is 10.5. The third kappa shape index (κ3) is 3.22. The Kier molecular flexibility index (Phi) is 4.18. The summed E-state index contributed by atoms with van der Waals surface area (Å²) in [6.07, 6.45) is 3.72. The van der Waals surface area contributed by atoms with E-state index in [4.69, 9.17) is 4.74 Å². The van der Waals surface area contributed by atoms with E-state index in [0.29, 0.717) is 0 Å². The van der Waals surface area contributed by atoms with Crippen LogP contribution in [-0.4, -0.2) is 19.1 Å². The largest absolute Gasteiger partial charge is 0.469 e. The zero-order chi connectivity index (χ0) is 13.0. The van der Waals surface area contributed by atoms with Gasteiger partial charge in [0.2, 0.25) is 0 Å². The van der Waals surface area contributed by atoms with Crippen LogP contribution >= 0.6 is 0 Å². The number of rotatable bonds is 3. The molecule has 0 aliphatic heterocycles. The summed E-state index contributed by atoms with van der Waals surface area (Å²) in [5.41, 5.74) is 0.895. The third-order valence-electron chi connectivity index (χ3n) is 3.42. The molecule has 0 bridgehead atoms. The van der Waals surface area contributed by atoms with E-state index in [2.05, 4.69) is 5.32 Å². The van der Waals surface area contributed by atoms with Crippen LogP contribution in [-0.2, 0) is 9.53 Å². The van der Waals surface area contributed by atoms with Gasteiger partial charge in [0.1, 0.15) is 5.82 Å². The van der Waals surface area contributed by atoms with Crippen molar-refractivity contribution in [3.8, 4) is 0 Å². The molecule has 3 nitrogen and oxygen atoms in total. The molecule has 0 amide bonds. The Morgan fingerprint density at radius 2 is 2.06 bits per heavy atom. The molecule has 0 saturated heterocycles. The van der Waals surface area contributed by atoms with Gasteiger partial charge >= 0.3 is 5.97 Å². The van der Waals surface area contributed by atoms with Gasteiger partial charge in [-0.2, -0.15) is 0 Å². The number of anilines is 1. The predicted octanol–water partition coefficient (Wildman–Crippen LogP) is 2.97. The minimum Gasteiger partial charge on any atom is -0.469 e. The lowest BCUT2D eigenvalue weighted by atomic mass is 9.85. The van der Waals surface area contributed by atoms with Crippen LogP contribution in [0.4, 0.5) is 10.1 Å². The molecular weight excluding hydrogens is 233 g/mol. The van der Waals surface area contributed by atoms with E-state index in [0.717, 1.165) is 31.4 Å². The fourth-order valence-corrected chi connectivity index (χ4v) is 2.48. The maximum Gasteiger partial charge on any atom is 0.308 e. The number of carbonyl (C=O) groups is 1. The van der Waals surface area contributed by atoms with Crippen LogP contribution in [0.1, 0.15) is 25.7 Å². The fourth-order valence-electron chi connectivity index (χ4n) is 2.48. The van der Waals surface area contributed by atoms with Gasteiger partial charge in [-0.3, -0.25) is 4.79 Å². The molecule has 2 rings (SSSR count). The molecule has 1 aliphatic carbocycles. The van der Waals surface area contributed by atoms with Gasteiger partial charge in [0.15, 0.2) is 0 Å². The normalized spacial score (nSPS) is 23.4. The van der Waals surface area contributed by atoms with Crippen LogP contribution in [0.25, 0.3) is 0 Å². The van der Waals surface area contributed by atoms with E-state index in [1.807, 2.05) is 0 Å². The first-order chi connectivity index (χ1) is 8.69. The summed E-state index contributed by atoms with van der Waals surface area (Å²) in [5, 5.41) is 3.34. The molecule has 1 saturated carbocycles. The Morgan fingerprint density at radius 1 is 1.33 bits per heavy atom. The quantitative estimate of drug-likeness (QED) is 0.839. The van der Waals surface area contributed by atoms with Crippen molar-refractivity contribution < 1.29 is 13.9 Å². The summed E-state index contributed by atoms with van der Waals surface area (Å²) in [5.74, 6) is -0.376. The van der Waals surface area contributed by atoms with Crippen molar-refractivity contribution in [2.24, 2.45) is 5.92 Å². The summed E-state index contributed by atoms with van der Waals surface area (Å²) >= 11 is 0. The van der Waals surface area contributed by atoms with Crippen molar-refractivity contribution in [1.82, 2.24) is 0 Å². The predicted molar refractivity (Wildman–Crippen MR) is 67.8 cm³/mol. The number of halogens is 1. The van der Waals surface area contributed by atoms with Crippen molar-refractivity contribution in [3.05, 3.63) is 30.1 Å². The number of ether oxygens (including phenoxy) is 1. The second kappa shape index (κ2) is 5.85. The van der Waals surface area contributed by atoms with E-state index in [1.54, 1.807) is 12.1 Å². The van der Waals surface area contributed by atoms with Crippen LogP contribution in [0.15, 0.2) is 24.3 Å². The average molecular weight is 251 g/mol. The molecule has 1 aromatic rings. The van der Waals surface area contributed by atoms with E-state index in [-0.39, 0.29) is 23.7 Å². The van der Waals surface area contributed by atoms with Crippen LogP contribution in [0, 0.1) is 11.7 Å². The maximum atomic E-state index is 12.8. The minimum atomic E-state index is -0.239. The van der Waals surface area contributed by atoms with Gasteiger partial charge in [0, 0.05) is 11.7 Å². The second-order valence-electron chi connectivity index (χ2n) is 4.73. The minimum absolute atomic E-state index is 0.0123. The lowest BCUT2D eigenvalue weighted by Gasteiger charge is -2.28. The zero-order valence-electron chi connectivity index (χ0n) is 10.5. The molecule has 1 aliphatic rings. The Balaban J connectivity index is 1.93. The van der Waals surface area contributed by atoms with Gasteiger partial charge in [0.05, 0.1) is 13.0 Å². The van der Waals surface area contributed by atoms with E-state index in [9.17, 15) is 9.18 Å². The van der Waals surface area contributed by atoms with Gasteiger partial charge in [0.25, 0.3) is 0 Å². The Hall–Kier alpha value is -1.58. The molecule has 0 heterocycles. The summed E-state index contributed by atoms with van der Waals surface area (Å²) in [7, 11) is 1.43. The van der Waals surface area contributed by atoms with Gasteiger partial charge < -0.3 is 10.1 Å². The molecule has 1 aromatic carbocycles. The highest BCUT2D eigenvalue weighted by Gasteiger charge is 2.27. The SMILES string of the molecule is COC(=O)C1CCCC(Nc2ccc(F)cc2)C1. The van der Waals surface area contributed by atoms with Crippen molar-refractivity contribution >= 4 is 11.7 Å².